The second-order valence-electron chi connectivity index (χ2n) is 2.65. The first-order valence-corrected chi connectivity index (χ1v) is 3.38. The van der Waals surface area contributed by atoms with E-state index in [-0.39, 0.29) is 18.5 Å². The third-order valence-corrected chi connectivity index (χ3v) is 1.89. The molecule has 1 fully saturated rings. The molecule has 1 unspecified atom stereocenters. The quantitative estimate of drug-likeness (QED) is 0.489. The molecule has 1 spiro atoms. The molecule has 1 amide bonds. The van der Waals surface area contributed by atoms with Crippen LogP contribution in [0.15, 0.2) is 4.99 Å². The Labute approximate surface area is 63.2 Å². The van der Waals surface area contributed by atoms with E-state index in [2.05, 4.69) is 4.99 Å². The van der Waals surface area contributed by atoms with E-state index >= 15 is 0 Å². The van der Waals surface area contributed by atoms with E-state index in [0.29, 0.717) is 13.0 Å². The molecule has 2 rings (SSSR count). The van der Waals surface area contributed by atoms with Crippen molar-refractivity contribution in [1.29, 1.82) is 0 Å². The zero-order valence-corrected chi connectivity index (χ0v) is 5.87. The lowest BCUT2D eigenvalue weighted by Gasteiger charge is -2.16. The fourth-order valence-corrected chi connectivity index (χ4v) is 1.26. The predicted molar refractivity (Wildman–Crippen MR) is 35.9 cm³/mol. The van der Waals surface area contributed by atoms with Crippen molar-refractivity contribution in [3.63, 3.8) is 0 Å². The molecule has 2 heterocycles. The van der Waals surface area contributed by atoms with E-state index in [1.807, 2.05) is 0 Å². The van der Waals surface area contributed by atoms with Crippen molar-refractivity contribution in [3.05, 3.63) is 0 Å². The highest BCUT2D eigenvalue weighted by atomic mass is 16.6. The average Bonchev–Trinajstić information content (AvgIpc) is 2.45. The maximum absolute atomic E-state index is 11.1. The zero-order valence-electron chi connectivity index (χ0n) is 5.87. The van der Waals surface area contributed by atoms with Crippen molar-refractivity contribution in [2.24, 2.45) is 10.7 Å². The normalized spacial score (nSPS) is 36.0. The molecule has 1 atom stereocenters. The molecule has 2 N–H and O–H groups in total. The van der Waals surface area contributed by atoms with Crippen LogP contribution in [0.2, 0.25) is 0 Å². The monoisotopic (exact) mass is 156 g/mol. The molecule has 0 saturated carbocycles. The molecular weight excluding hydrogens is 148 g/mol. The second kappa shape index (κ2) is 1.94. The lowest BCUT2D eigenvalue weighted by atomic mass is 10.0. The van der Waals surface area contributed by atoms with Gasteiger partial charge in [-0.3, -0.25) is 4.79 Å². The van der Waals surface area contributed by atoms with Gasteiger partial charge in [-0.05, 0) is 0 Å². The summed E-state index contributed by atoms with van der Waals surface area (Å²) in [6.45, 7) is 0.810. The Hall–Kier alpha value is -1.10. The first-order valence-electron chi connectivity index (χ1n) is 3.38. The van der Waals surface area contributed by atoms with Crippen LogP contribution in [0.3, 0.4) is 0 Å². The molecule has 0 bridgehead atoms. The van der Waals surface area contributed by atoms with Crippen LogP contribution < -0.4 is 5.73 Å². The number of hydrogen-bond acceptors (Lipinski definition) is 4. The molecule has 60 valence electrons. The molecule has 5 heteroatoms. The first kappa shape index (κ1) is 6.60. The summed E-state index contributed by atoms with van der Waals surface area (Å²) in [5.74, 6) is -0.312. The Balaban J connectivity index is 2.24. The van der Waals surface area contributed by atoms with Gasteiger partial charge in [0.05, 0.1) is 13.2 Å². The Morgan fingerprint density at radius 2 is 2.45 bits per heavy atom. The number of carbonyl (C=O) groups is 1. The van der Waals surface area contributed by atoms with Gasteiger partial charge in [-0.1, -0.05) is 0 Å². The highest BCUT2D eigenvalue weighted by molar-refractivity contribution is 6.01. The van der Waals surface area contributed by atoms with Gasteiger partial charge in [0.2, 0.25) is 5.60 Å². The van der Waals surface area contributed by atoms with Crippen LogP contribution >= 0.6 is 0 Å². The minimum atomic E-state index is -0.871. The number of hydrogen-bond donors (Lipinski definition) is 1. The van der Waals surface area contributed by atoms with E-state index in [9.17, 15) is 4.79 Å². The number of amidine groups is 1. The molecule has 2 aliphatic heterocycles. The van der Waals surface area contributed by atoms with Crippen molar-refractivity contribution in [2.75, 3.05) is 13.2 Å². The van der Waals surface area contributed by atoms with Gasteiger partial charge in [0.25, 0.3) is 11.9 Å². The van der Waals surface area contributed by atoms with Gasteiger partial charge in [0, 0.05) is 6.42 Å². The summed E-state index contributed by atoms with van der Waals surface area (Å²) in [4.78, 5) is 14.6. The Kier molecular flexibility index (Phi) is 1.17. The summed E-state index contributed by atoms with van der Waals surface area (Å²) in [6, 6.07) is -0.0412. The average molecular weight is 156 g/mol. The first-order chi connectivity index (χ1) is 5.23. The maximum Gasteiger partial charge on any atom is 0.297 e. The largest absolute Gasteiger partial charge is 0.446 e. The molecule has 0 radical (unpaired) electrons. The number of nitrogens with zero attached hydrogens (tertiary/aromatic N) is 1. The zero-order chi connectivity index (χ0) is 7.90. The van der Waals surface area contributed by atoms with Crippen LogP contribution in [0, 0.1) is 0 Å². The van der Waals surface area contributed by atoms with Crippen molar-refractivity contribution in [2.45, 2.75) is 12.0 Å². The van der Waals surface area contributed by atoms with Gasteiger partial charge in [-0.15, -0.1) is 0 Å². The topological polar surface area (TPSA) is 73.9 Å². The fourth-order valence-electron chi connectivity index (χ4n) is 1.26. The third-order valence-electron chi connectivity index (χ3n) is 1.89. The Morgan fingerprint density at radius 3 is 2.91 bits per heavy atom. The van der Waals surface area contributed by atoms with Crippen LogP contribution in [-0.2, 0) is 14.3 Å². The van der Waals surface area contributed by atoms with Crippen molar-refractivity contribution in [1.82, 2.24) is 0 Å². The summed E-state index contributed by atoms with van der Waals surface area (Å²) in [6.07, 6.45) is 0.552. The van der Waals surface area contributed by atoms with Crippen molar-refractivity contribution < 1.29 is 14.3 Å². The standard InChI is InChI=1S/C6H8N2O3/c7-5-8-4(9)6(11-5)1-2-10-3-6/h1-3H2,(H2,7,8,9). The minimum Gasteiger partial charge on any atom is -0.446 e. The number of amides is 1. The number of nitrogens with two attached hydrogens (primary N) is 1. The van der Waals surface area contributed by atoms with Crippen LogP contribution in [-0.4, -0.2) is 30.7 Å². The van der Waals surface area contributed by atoms with Crippen LogP contribution in [0.5, 0.6) is 0 Å². The van der Waals surface area contributed by atoms with Crippen LogP contribution in [0.1, 0.15) is 6.42 Å². The van der Waals surface area contributed by atoms with Crippen LogP contribution in [0.4, 0.5) is 0 Å². The Morgan fingerprint density at radius 1 is 1.64 bits per heavy atom. The maximum atomic E-state index is 11.1. The molecule has 11 heavy (non-hydrogen) atoms. The van der Waals surface area contributed by atoms with E-state index in [0.717, 1.165) is 0 Å². The van der Waals surface area contributed by atoms with Crippen molar-refractivity contribution >= 4 is 11.9 Å². The molecule has 5 nitrogen and oxygen atoms in total. The lowest BCUT2D eigenvalue weighted by Crippen LogP contribution is -2.38. The lowest BCUT2D eigenvalue weighted by molar-refractivity contribution is -0.130. The van der Waals surface area contributed by atoms with E-state index in [1.165, 1.54) is 0 Å². The van der Waals surface area contributed by atoms with E-state index < -0.39 is 5.60 Å². The van der Waals surface area contributed by atoms with Gasteiger partial charge in [-0.2, -0.15) is 4.99 Å². The molecule has 0 aromatic carbocycles. The predicted octanol–water partition coefficient (Wildman–Crippen LogP) is -0.983. The van der Waals surface area contributed by atoms with Gasteiger partial charge in [0.1, 0.15) is 0 Å². The smallest absolute Gasteiger partial charge is 0.297 e. The van der Waals surface area contributed by atoms with E-state index in [4.69, 9.17) is 15.2 Å². The van der Waals surface area contributed by atoms with Crippen molar-refractivity contribution in [3.8, 4) is 0 Å². The molecule has 0 aromatic heterocycles. The van der Waals surface area contributed by atoms with Gasteiger partial charge in [-0.25, -0.2) is 0 Å². The summed E-state index contributed by atoms with van der Waals surface area (Å²) in [5, 5.41) is 0. The number of aliphatic imine (C=N–C) groups is 1. The minimum absolute atomic E-state index is 0.0412. The van der Waals surface area contributed by atoms with E-state index in [1.54, 1.807) is 0 Å². The highest BCUT2D eigenvalue weighted by Crippen LogP contribution is 2.28. The number of ether oxygens (including phenoxy) is 2. The highest BCUT2D eigenvalue weighted by Gasteiger charge is 2.49. The molecule has 0 aliphatic carbocycles. The summed E-state index contributed by atoms with van der Waals surface area (Å²) < 4.78 is 10.1. The van der Waals surface area contributed by atoms with Gasteiger partial charge in [0.15, 0.2) is 0 Å². The summed E-state index contributed by atoms with van der Waals surface area (Å²) in [5.41, 5.74) is 4.36. The molecular formula is C6H8N2O3. The van der Waals surface area contributed by atoms with Gasteiger partial charge >= 0.3 is 0 Å². The number of rotatable bonds is 0. The second-order valence-corrected chi connectivity index (χ2v) is 2.65. The molecule has 2 aliphatic rings. The molecule has 0 aromatic rings. The Bertz CT molecular complexity index is 230. The van der Waals surface area contributed by atoms with Crippen LogP contribution in [0.25, 0.3) is 0 Å². The molecule has 1 saturated heterocycles. The SMILES string of the molecule is NC1=NC(=O)C2(CCOC2)O1. The summed E-state index contributed by atoms with van der Waals surface area (Å²) in [7, 11) is 0. The summed E-state index contributed by atoms with van der Waals surface area (Å²) >= 11 is 0. The number of carbonyl (C=O) groups excluding carboxylic acids is 1. The fraction of sp³-hybridized carbons (Fsp3) is 0.667. The third kappa shape index (κ3) is 0.808. The van der Waals surface area contributed by atoms with Gasteiger partial charge < -0.3 is 15.2 Å².